The maximum atomic E-state index is 5.59. The topological polar surface area (TPSA) is 39.7 Å². The molecule has 4 heteroatoms. The lowest BCUT2D eigenvalue weighted by Crippen LogP contribution is -2.14. The van der Waals surface area contributed by atoms with Gasteiger partial charge in [-0.3, -0.25) is 0 Å². The van der Waals surface area contributed by atoms with Gasteiger partial charge < -0.3 is 19.5 Å². The highest BCUT2D eigenvalue weighted by molar-refractivity contribution is 5.22. The zero-order chi connectivity index (χ0) is 14.5. The van der Waals surface area contributed by atoms with Crippen molar-refractivity contribution in [3.8, 4) is 0 Å². The Morgan fingerprint density at radius 2 is 1.75 bits per heavy atom. The molecule has 0 bridgehead atoms. The average Bonchev–Trinajstić information content (AvgIpc) is 2.47. The molecule has 0 spiro atoms. The fourth-order valence-electron chi connectivity index (χ4n) is 1.79. The minimum absolute atomic E-state index is 0.612. The first-order chi connectivity index (χ1) is 9.86. The van der Waals surface area contributed by atoms with Crippen molar-refractivity contribution in [2.24, 2.45) is 0 Å². The highest BCUT2D eigenvalue weighted by Crippen LogP contribution is 2.06. The normalized spacial score (nSPS) is 10.9. The molecule has 0 saturated heterocycles. The van der Waals surface area contributed by atoms with E-state index in [0.717, 1.165) is 19.5 Å². The summed E-state index contributed by atoms with van der Waals surface area (Å²) in [6.45, 7) is 7.26. The number of rotatable bonds is 12. The third-order valence-corrected chi connectivity index (χ3v) is 2.82. The summed E-state index contributed by atoms with van der Waals surface area (Å²) in [4.78, 5) is 0. The van der Waals surface area contributed by atoms with Gasteiger partial charge in [0.25, 0.3) is 0 Å². The zero-order valence-electron chi connectivity index (χ0n) is 12.7. The van der Waals surface area contributed by atoms with Gasteiger partial charge in [0.05, 0.1) is 33.0 Å². The maximum Gasteiger partial charge on any atom is 0.0718 e. The Labute approximate surface area is 122 Å². The van der Waals surface area contributed by atoms with E-state index in [1.807, 2.05) is 0 Å². The summed E-state index contributed by atoms with van der Waals surface area (Å²) in [7, 11) is 1.67. The van der Waals surface area contributed by atoms with E-state index < -0.39 is 0 Å². The van der Waals surface area contributed by atoms with Crippen LogP contribution in [0.25, 0.3) is 0 Å². The summed E-state index contributed by atoms with van der Waals surface area (Å²) in [6.07, 6.45) is 1.16. The summed E-state index contributed by atoms with van der Waals surface area (Å²) in [6, 6.07) is 8.50. The van der Waals surface area contributed by atoms with Crippen LogP contribution in [-0.2, 0) is 27.4 Å². The van der Waals surface area contributed by atoms with Gasteiger partial charge in [0.15, 0.2) is 0 Å². The minimum atomic E-state index is 0.612. The third kappa shape index (κ3) is 8.27. The Hall–Kier alpha value is -0.940. The second kappa shape index (κ2) is 11.9. The molecule has 20 heavy (non-hydrogen) atoms. The van der Waals surface area contributed by atoms with Crippen LogP contribution in [0, 0.1) is 0 Å². The van der Waals surface area contributed by atoms with Crippen LogP contribution in [0.2, 0.25) is 0 Å². The molecule has 0 heterocycles. The van der Waals surface area contributed by atoms with Crippen molar-refractivity contribution in [3.05, 3.63) is 35.4 Å². The fraction of sp³-hybridized carbons (Fsp3) is 0.625. The van der Waals surface area contributed by atoms with E-state index >= 15 is 0 Å². The van der Waals surface area contributed by atoms with Crippen LogP contribution in [0.5, 0.6) is 0 Å². The minimum Gasteiger partial charge on any atom is -0.382 e. The lowest BCUT2D eigenvalue weighted by atomic mass is 10.1. The van der Waals surface area contributed by atoms with Crippen molar-refractivity contribution in [1.29, 1.82) is 0 Å². The van der Waals surface area contributed by atoms with Gasteiger partial charge in [-0.05, 0) is 24.1 Å². The van der Waals surface area contributed by atoms with Crippen LogP contribution in [-0.4, -0.2) is 40.1 Å². The van der Waals surface area contributed by atoms with Crippen LogP contribution in [0.4, 0.5) is 0 Å². The number of hydrogen-bond donors (Lipinski definition) is 1. The third-order valence-electron chi connectivity index (χ3n) is 2.82. The summed E-state index contributed by atoms with van der Waals surface area (Å²) in [5, 5.41) is 3.40. The molecule has 0 saturated carbocycles. The Balaban J connectivity index is 2.14. The molecular formula is C16H27NO3. The van der Waals surface area contributed by atoms with Crippen LogP contribution < -0.4 is 5.32 Å². The maximum absolute atomic E-state index is 5.59. The predicted octanol–water partition coefficient (Wildman–Crippen LogP) is 2.37. The number of nitrogens with one attached hydrogen (secondary N) is 1. The van der Waals surface area contributed by atoms with Gasteiger partial charge in [0.2, 0.25) is 0 Å². The summed E-state index contributed by atoms with van der Waals surface area (Å²) in [5.41, 5.74) is 2.51. The van der Waals surface area contributed by atoms with Crippen LogP contribution in [0.15, 0.2) is 24.3 Å². The van der Waals surface area contributed by atoms with Crippen molar-refractivity contribution in [1.82, 2.24) is 5.32 Å². The van der Waals surface area contributed by atoms with Crippen molar-refractivity contribution in [3.63, 3.8) is 0 Å². The van der Waals surface area contributed by atoms with E-state index in [1.165, 1.54) is 11.1 Å². The Morgan fingerprint density at radius 1 is 1.00 bits per heavy atom. The van der Waals surface area contributed by atoms with Crippen molar-refractivity contribution in [2.45, 2.75) is 26.5 Å². The monoisotopic (exact) mass is 281 g/mol. The average molecular weight is 281 g/mol. The molecule has 0 aliphatic heterocycles. The highest BCUT2D eigenvalue weighted by atomic mass is 16.5. The Bertz CT molecular complexity index is 344. The summed E-state index contributed by atoms with van der Waals surface area (Å²) < 4.78 is 15.8. The SMILES string of the molecule is CCCNCc1cccc(COCCOCCOC)c1. The first-order valence-electron chi connectivity index (χ1n) is 7.29. The van der Waals surface area contributed by atoms with E-state index in [1.54, 1.807) is 7.11 Å². The molecule has 0 atom stereocenters. The van der Waals surface area contributed by atoms with E-state index in [2.05, 4.69) is 36.5 Å². The second-order valence-electron chi connectivity index (χ2n) is 4.65. The molecular weight excluding hydrogens is 254 g/mol. The lowest BCUT2D eigenvalue weighted by molar-refractivity contribution is 0.0199. The molecule has 0 aliphatic carbocycles. The van der Waals surface area contributed by atoms with E-state index in [-0.39, 0.29) is 0 Å². The number of ether oxygens (including phenoxy) is 3. The molecule has 1 N–H and O–H groups in total. The number of methoxy groups -OCH3 is 1. The Kier molecular flexibility index (Phi) is 10.1. The summed E-state index contributed by atoms with van der Waals surface area (Å²) in [5.74, 6) is 0. The molecule has 0 aromatic heterocycles. The quantitative estimate of drug-likeness (QED) is 0.597. The molecule has 0 amide bonds. The van der Waals surface area contributed by atoms with Crippen molar-refractivity contribution < 1.29 is 14.2 Å². The molecule has 0 aliphatic rings. The molecule has 1 rings (SSSR count). The molecule has 4 nitrogen and oxygen atoms in total. The highest BCUT2D eigenvalue weighted by Gasteiger charge is 1.97. The standard InChI is InChI=1S/C16H27NO3/c1-3-7-17-13-15-5-4-6-16(12-15)14-20-11-10-19-9-8-18-2/h4-6,12,17H,3,7-11,13-14H2,1-2H3. The van der Waals surface area contributed by atoms with E-state index in [4.69, 9.17) is 14.2 Å². The van der Waals surface area contributed by atoms with Gasteiger partial charge in [0, 0.05) is 13.7 Å². The van der Waals surface area contributed by atoms with E-state index in [9.17, 15) is 0 Å². The predicted molar refractivity (Wildman–Crippen MR) is 80.8 cm³/mol. The van der Waals surface area contributed by atoms with Crippen LogP contribution >= 0.6 is 0 Å². The van der Waals surface area contributed by atoms with Gasteiger partial charge in [-0.1, -0.05) is 31.2 Å². The van der Waals surface area contributed by atoms with Gasteiger partial charge in [0.1, 0.15) is 0 Å². The van der Waals surface area contributed by atoms with Crippen LogP contribution in [0.1, 0.15) is 24.5 Å². The summed E-state index contributed by atoms with van der Waals surface area (Å²) >= 11 is 0. The molecule has 0 unspecified atom stereocenters. The molecule has 1 aromatic carbocycles. The zero-order valence-corrected chi connectivity index (χ0v) is 12.7. The number of hydrogen-bond acceptors (Lipinski definition) is 4. The van der Waals surface area contributed by atoms with Gasteiger partial charge in [-0.25, -0.2) is 0 Å². The largest absolute Gasteiger partial charge is 0.382 e. The smallest absolute Gasteiger partial charge is 0.0718 e. The second-order valence-corrected chi connectivity index (χ2v) is 4.65. The van der Waals surface area contributed by atoms with Crippen molar-refractivity contribution >= 4 is 0 Å². The van der Waals surface area contributed by atoms with Gasteiger partial charge in [-0.15, -0.1) is 0 Å². The molecule has 0 fully saturated rings. The van der Waals surface area contributed by atoms with Crippen molar-refractivity contribution in [2.75, 3.05) is 40.1 Å². The lowest BCUT2D eigenvalue weighted by Gasteiger charge is -2.08. The Morgan fingerprint density at radius 3 is 2.55 bits per heavy atom. The van der Waals surface area contributed by atoms with Crippen LogP contribution in [0.3, 0.4) is 0 Å². The van der Waals surface area contributed by atoms with Gasteiger partial charge >= 0.3 is 0 Å². The molecule has 114 valence electrons. The van der Waals surface area contributed by atoms with Gasteiger partial charge in [-0.2, -0.15) is 0 Å². The van der Waals surface area contributed by atoms with E-state index in [0.29, 0.717) is 33.0 Å². The first-order valence-corrected chi connectivity index (χ1v) is 7.29. The molecule has 1 aromatic rings. The first kappa shape index (κ1) is 17.1. The fourth-order valence-corrected chi connectivity index (χ4v) is 1.79. The molecule has 0 radical (unpaired) electrons. The number of benzene rings is 1.